The summed E-state index contributed by atoms with van der Waals surface area (Å²) in [7, 11) is 1.42. The summed E-state index contributed by atoms with van der Waals surface area (Å²) >= 11 is 0. The van der Waals surface area contributed by atoms with Crippen molar-refractivity contribution in [3.05, 3.63) is 17.7 Å². The Morgan fingerprint density at radius 2 is 2.00 bits per heavy atom. The van der Waals surface area contributed by atoms with Gasteiger partial charge in [-0.1, -0.05) is 0 Å². The monoisotopic (exact) mass is 278 g/mol. The first kappa shape index (κ1) is 12.3. The van der Waals surface area contributed by atoms with Gasteiger partial charge in [0.25, 0.3) is 0 Å². The van der Waals surface area contributed by atoms with Gasteiger partial charge in [-0.15, -0.1) is 0 Å². The number of ether oxygens (including phenoxy) is 2. The summed E-state index contributed by atoms with van der Waals surface area (Å²) in [5.41, 5.74) is 0.138. The van der Waals surface area contributed by atoms with Crippen LogP contribution in [0.4, 0.5) is 0 Å². The van der Waals surface area contributed by atoms with Crippen LogP contribution in [0.25, 0.3) is 0 Å². The quantitative estimate of drug-likeness (QED) is 0.832. The molecular formula is C10H11ClO5S. The van der Waals surface area contributed by atoms with Crippen LogP contribution in [0.15, 0.2) is 12.1 Å². The molecule has 0 unspecified atom stereocenters. The Kier molecular flexibility index (Phi) is 3.35. The molecule has 5 nitrogen and oxygen atoms in total. The van der Waals surface area contributed by atoms with Crippen LogP contribution in [0.2, 0.25) is 0 Å². The molecule has 0 spiro atoms. The number of hydrogen-bond donors (Lipinski definition) is 1. The number of phenols is 1. The maximum atomic E-state index is 11.1. The molecule has 0 aromatic heterocycles. The van der Waals surface area contributed by atoms with E-state index < -0.39 is 14.8 Å². The first-order valence-corrected chi connectivity index (χ1v) is 7.48. The fraction of sp³-hybridized carbons (Fsp3) is 0.400. The van der Waals surface area contributed by atoms with Crippen LogP contribution in [0.3, 0.4) is 0 Å². The fourth-order valence-electron chi connectivity index (χ4n) is 1.60. The van der Waals surface area contributed by atoms with E-state index in [9.17, 15) is 13.5 Å². The Morgan fingerprint density at radius 1 is 1.29 bits per heavy atom. The molecule has 0 radical (unpaired) electrons. The average molecular weight is 279 g/mol. The van der Waals surface area contributed by atoms with Gasteiger partial charge in [-0.2, -0.15) is 0 Å². The van der Waals surface area contributed by atoms with Crippen LogP contribution >= 0.6 is 10.7 Å². The van der Waals surface area contributed by atoms with Crippen molar-refractivity contribution in [3.63, 3.8) is 0 Å². The molecule has 0 amide bonds. The number of aromatic hydroxyl groups is 1. The number of phenolic OH excluding ortho intramolecular Hbond substituents is 1. The van der Waals surface area contributed by atoms with E-state index in [-0.39, 0.29) is 17.1 Å². The second kappa shape index (κ2) is 4.62. The van der Waals surface area contributed by atoms with Gasteiger partial charge in [0.15, 0.2) is 11.5 Å². The molecule has 1 aromatic rings. The molecule has 7 heteroatoms. The largest absolute Gasteiger partial charge is 0.507 e. The fourth-order valence-corrected chi connectivity index (χ4v) is 2.55. The van der Waals surface area contributed by atoms with Gasteiger partial charge in [-0.05, 0) is 12.1 Å². The second-order valence-corrected chi connectivity index (χ2v) is 6.40. The van der Waals surface area contributed by atoms with Crippen molar-refractivity contribution >= 4 is 19.7 Å². The summed E-state index contributed by atoms with van der Waals surface area (Å²) in [6.45, 7) is 0.899. The molecule has 17 heavy (non-hydrogen) atoms. The zero-order valence-electron chi connectivity index (χ0n) is 8.85. The third-order valence-electron chi connectivity index (χ3n) is 2.31. The van der Waals surface area contributed by atoms with E-state index in [0.29, 0.717) is 25.4 Å². The van der Waals surface area contributed by atoms with E-state index in [1.165, 1.54) is 6.07 Å². The average Bonchev–Trinajstić information content (AvgIpc) is 2.46. The van der Waals surface area contributed by atoms with Gasteiger partial charge in [-0.25, -0.2) is 8.42 Å². The lowest BCUT2D eigenvalue weighted by molar-refractivity contribution is 0.296. The van der Waals surface area contributed by atoms with Crippen molar-refractivity contribution in [1.29, 1.82) is 0 Å². The van der Waals surface area contributed by atoms with Crippen LogP contribution in [0, 0.1) is 0 Å². The highest BCUT2D eigenvalue weighted by atomic mass is 35.7. The van der Waals surface area contributed by atoms with Gasteiger partial charge in [0.2, 0.25) is 9.05 Å². The molecule has 0 saturated heterocycles. The van der Waals surface area contributed by atoms with Crippen molar-refractivity contribution < 1.29 is 23.0 Å². The Hall–Kier alpha value is -1.14. The third kappa shape index (κ3) is 2.95. The molecule has 0 fully saturated rings. The van der Waals surface area contributed by atoms with Crippen LogP contribution in [0.1, 0.15) is 12.0 Å². The summed E-state index contributed by atoms with van der Waals surface area (Å²) in [5, 5.41) is 9.66. The zero-order valence-corrected chi connectivity index (χ0v) is 10.4. The van der Waals surface area contributed by atoms with E-state index in [4.69, 9.17) is 20.2 Å². The standard InChI is InChI=1S/C10H11ClO5S/c11-17(13,14)6-7-8(12)2-3-9-10(7)16-5-1-4-15-9/h2-3,12H,1,4-6H2. The molecule has 2 rings (SSSR count). The predicted octanol–water partition coefficient (Wildman–Crippen LogP) is 1.62. The van der Waals surface area contributed by atoms with Crippen molar-refractivity contribution in [1.82, 2.24) is 0 Å². The number of fused-ring (bicyclic) bond motifs is 1. The van der Waals surface area contributed by atoms with E-state index in [1.807, 2.05) is 0 Å². The smallest absolute Gasteiger partial charge is 0.237 e. The first-order chi connectivity index (χ1) is 7.97. The van der Waals surface area contributed by atoms with Crippen LogP contribution in [0.5, 0.6) is 17.2 Å². The van der Waals surface area contributed by atoms with Crippen LogP contribution in [-0.2, 0) is 14.8 Å². The zero-order chi connectivity index (χ0) is 12.5. The minimum absolute atomic E-state index is 0.138. The van der Waals surface area contributed by atoms with Gasteiger partial charge in [-0.3, -0.25) is 0 Å². The highest BCUT2D eigenvalue weighted by Crippen LogP contribution is 2.39. The number of hydrogen-bond acceptors (Lipinski definition) is 5. The lowest BCUT2D eigenvalue weighted by atomic mass is 10.2. The number of rotatable bonds is 2. The van der Waals surface area contributed by atoms with E-state index in [0.717, 1.165) is 0 Å². The number of halogens is 1. The maximum Gasteiger partial charge on any atom is 0.237 e. The lowest BCUT2D eigenvalue weighted by Crippen LogP contribution is -2.02. The van der Waals surface area contributed by atoms with Gasteiger partial charge in [0.05, 0.1) is 24.5 Å². The molecule has 94 valence electrons. The summed E-state index contributed by atoms with van der Waals surface area (Å²) in [4.78, 5) is 0. The molecule has 0 bridgehead atoms. The molecule has 0 aliphatic carbocycles. The van der Waals surface area contributed by atoms with E-state index in [1.54, 1.807) is 6.07 Å². The summed E-state index contributed by atoms with van der Waals surface area (Å²) < 4.78 is 32.9. The van der Waals surface area contributed by atoms with Crippen molar-refractivity contribution in [2.75, 3.05) is 13.2 Å². The molecule has 1 aromatic carbocycles. The molecule has 1 N–H and O–H groups in total. The van der Waals surface area contributed by atoms with E-state index in [2.05, 4.69) is 0 Å². The third-order valence-corrected chi connectivity index (χ3v) is 3.27. The molecule has 1 aliphatic heterocycles. The molecule has 0 atom stereocenters. The predicted molar refractivity (Wildman–Crippen MR) is 62.2 cm³/mol. The SMILES string of the molecule is O=S(=O)(Cl)Cc1c(O)ccc2c1OCCCO2. The highest BCUT2D eigenvalue weighted by molar-refractivity contribution is 8.13. The minimum atomic E-state index is -3.77. The minimum Gasteiger partial charge on any atom is -0.507 e. The Bertz CT molecular complexity index is 526. The Balaban J connectivity index is 2.49. The molecule has 0 saturated carbocycles. The highest BCUT2D eigenvalue weighted by Gasteiger charge is 2.22. The summed E-state index contributed by atoms with van der Waals surface area (Å²) in [6, 6.07) is 2.91. The maximum absolute atomic E-state index is 11.1. The first-order valence-electron chi connectivity index (χ1n) is 5.00. The van der Waals surface area contributed by atoms with Crippen LogP contribution in [-0.4, -0.2) is 26.7 Å². The molecular weight excluding hydrogens is 268 g/mol. The Labute approximate surface area is 103 Å². The van der Waals surface area contributed by atoms with Gasteiger partial charge in [0.1, 0.15) is 5.75 Å². The van der Waals surface area contributed by atoms with Crippen LogP contribution < -0.4 is 9.47 Å². The molecule has 1 heterocycles. The normalized spacial score (nSPS) is 15.4. The van der Waals surface area contributed by atoms with Crippen molar-refractivity contribution in [2.24, 2.45) is 0 Å². The van der Waals surface area contributed by atoms with Gasteiger partial charge >= 0.3 is 0 Å². The topological polar surface area (TPSA) is 72.8 Å². The van der Waals surface area contributed by atoms with Crippen molar-refractivity contribution in [2.45, 2.75) is 12.2 Å². The van der Waals surface area contributed by atoms with Gasteiger partial charge < -0.3 is 14.6 Å². The number of benzene rings is 1. The lowest BCUT2D eigenvalue weighted by Gasteiger charge is -2.12. The summed E-state index contributed by atoms with van der Waals surface area (Å²) in [6.07, 6.45) is 0.697. The van der Waals surface area contributed by atoms with Crippen molar-refractivity contribution in [3.8, 4) is 17.2 Å². The summed E-state index contributed by atoms with van der Waals surface area (Å²) in [5.74, 6) is 0.0215. The van der Waals surface area contributed by atoms with Gasteiger partial charge in [0, 0.05) is 17.1 Å². The second-order valence-electron chi connectivity index (χ2n) is 3.62. The Morgan fingerprint density at radius 3 is 2.71 bits per heavy atom. The molecule has 1 aliphatic rings. The van der Waals surface area contributed by atoms with E-state index >= 15 is 0 Å².